The van der Waals surface area contributed by atoms with Crippen molar-refractivity contribution in [1.82, 2.24) is 5.32 Å². The molecule has 3 rings (SSSR count). The molecule has 3 aromatic rings. The lowest BCUT2D eigenvalue weighted by atomic mass is 9.99. The molecule has 3 N–H and O–H groups in total. The van der Waals surface area contributed by atoms with Gasteiger partial charge in [-0.2, -0.15) is 0 Å². The van der Waals surface area contributed by atoms with E-state index in [4.69, 9.17) is 5.73 Å². The van der Waals surface area contributed by atoms with Crippen molar-refractivity contribution in [2.45, 2.75) is 25.4 Å². The van der Waals surface area contributed by atoms with E-state index >= 15 is 0 Å². The Morgan fingerprint density at radius 3 is 2.46 bits per heavy atom. The van der Waals surface area contributed by atoms with Crippen LogP contribution in [0.25, 0.3) is 10.8 Å². The highest BCUT2D eigenvalue weighted by atomic mass is 19.1. The summed E-state index contributed by atoms with van der Waals surface area (Å²) in [4.78, 5) is 0. The minimum atomic E-state index is -0.228. The first-order chi connectivity index (χ1) is 11.6. The molecular formula is C21H23FN2. The van der Waals surface area contributed by atoms with E-state index in [1.54, 1.807) is 12.1 Å². The number of benzene rings is 3. The van der Waals surface area contributed by atoms with E-state index < -0.39 is 0 Å². The summed E-state index contributed by atoms with van der Waals surface area (Å²) in [6, 6.07) is 21.4. The van der Waals surface area contributed by atoms with Crippen LogP contribution < -0.4 is 11.1 Å². The van der Waals surface area contributed by atoms with E-state index in [1.165, 1.54) is 28.5 Å². The number of halogens is 1. The van der Waals surface area contributed by atoms with Gasteiger partial charge in [-0.05, 0) is 53.9 Å². The molecular weight excluding hydrogens is 299 g/mol. The van der Waals surface area contributed by atoms with Crippen molar-refractivity contribution in [3.05, 3.63) is 83.7 Å². The molecule has 0 amide bonds. The van der Waals surface area contributed by atoms with Crippen molar-refractivity contribution in [3.63, 3.8) is 0 Å². The molecule has 0 saturated carbocycles. The Morgan fingerprint density at radius 2 is 1.67 bits per heavy atom. The summed E-state index contributed by atoms with van der Waals surface area (Å²) in [6.07, 6.45) is 0.806. The first-order valence-electron chi connectivity index (χ1n) is 8.37. The van der Waals surface area contributed by atoms with E-state index in [9.17, 15) is 4.39 Å². The molecule has 124 valence electrons. The van der Waals surface area contributed by atoms with Crippen LogP contribution >= 0.6 is 0 Å². The Balaban J connectivity index is 1.61. The predicted molar refractivity (Wildman–Crippen MR) is 98.3 cm³/mol. The average Bonchev–Trinajstić information content (AvgIpc) is 2.61. The first-order valence-corrected chi connectivity index (χ1v) is 8.37. The van der Waals surface area contributed by atoms with Crippen LogP contribution in [0.3, 0.4) is 0 Å². The van der Waals surface area contributed by atoms with Crippen LogP contribution in [-0.4, -0.2) is 6.54 Å². The Morgan fingerprint density at radius 1 is 0.958 bits per heavy atom. The lowest BCUT2D eigenvalue weighted by Crippen LogP contribution is -2.24. The van der Waals surface area contributed by atoms with E-state index in [-0.39, 0.29) is 17.9 Å². The summed E-state index contributed by atoms with van der Waals surface area (Å²) < 4.78 is 13.0. The lowest BCUT2D eigenvalue weighted by Gasteiger charge is -2.18. The zero-order valence-corrected chi connectivity index (χ0v) is 13.9. The predicted octanol–water partition coefficient (Wildman–Crippen LogP) is 4.72. The smallest absolute Gasteiger partial charge is 0.123 e. The number of fused-ring (bicyclic) bond motifs is 1. The third kappa shape index (κ3) is 3.81. The second-order valence-electron chi connectivity index (χ2n) is 6.19. The van der Waals surface area contributed by atoms with Gasteiger partial charge in [0.1, 0.15) is 5.82 Å². The van der Waals surface area contributed by atoms with Crippen molar-refractivity contribution in [1.29, 1.82) is 0 Å². The van der Waals surface area contributed by atoms with Gasteiger partial charge in [0.2, 0.25) is 0 Å². The summed E-state index contributed by atoms with van der Waals surface area (Å²) in [5.74, 6) is -0.228. The molecule has 0 aliphatic heterocycles. The number of hydrogen-bond acceptors (Lipinski definition) is 2. The van der Waals surface area contributed by atoms with Gasteiger partial charge in [0.05, 0.1) is 0 Å². The van der Waals surface area contributed by atoms with Crippen molar-refractivity contribution in [2.75, 3.05) is 6.54 Å². The molecule has 0 heterocycles. The van der Waals surface area contributed by atoms with Crippen LogP contribution in [0.15, 0.2) is 66.7 Å². The zero-order valence-electron chi connectivity index (χ0n) is 13.9. The molecule has 0 aromatic heterocycles. The van der Waals surface area contributed by atoms with Gasteiger partial charge in [-0.25, -0.2) is 4.39 Å². The number of nitrogens with two attached hydrogens (primary N) is 1. The van der Waals surface area contributed by atoms with Crippen molar-refractivity contribution < 1.29 is 4.39 Å². The highest BCUT2D eigenvalue weighted by molar-refractivity contribution is 5.86. The Bertz CT molecular complexity index is 793. The quantitative estimate of drug-likeness (QED) is 0.689. The van der Waals surface area contributed by atoms with Crippen molar-refractivity contribution in [3.8, 4) is 0 Å². The van der Waals surface area contributed by atoms with Crippen molar-refractivity contribution in [2.24, 2.45) is 5.73 Å². The third-order valence-corrected chi connectivity index (χ3v) is 4.49. The first kappa shape index (κ1) is 16.6. The van der Waals surface area contributed by atoms with Gasteiger partial charge in [-0.3, -0.25) is 0 Å². The van der Waals surface area contributed by atoms with Crippen LogP contribution in [0.1, 0.15) is 36.6 Å². The maximum Gasteiger partial charge on any atom is 0.123 e. The monoisotopic (exact) mass is 322 g/mol. The normalized spacial score (nSPS) is 13.8. The molecule has 2 nitrogen and oxygen atoms in total. The standard InChI is InChI=1S/C21H23FN2/c1-15(19-8-4-6-16-5-2-3-7-20(16)19)24-14-13-21(23)17-9-11-18(22)12-10-17/h2-12,15,21,24H,13-14,23H2,1H3. The molecule has 2 atom stereocenters. The Hall–Kier alpha value is -2.23. The van der Waals surface area contributed by atoms with Crippen molar-refractivity contribution >= 4 is 10.8 Å². The third-order valence-electron chi connectivity index (χ3n) is 4.49. The minimum Gasteiger partial charge on any atom is -0.324 e. The van der Waals surface area contributed by atoms with Gasteiger partial charge < -0.3 is 11.1 Å². The van der Waals surface area contributed by atoms with E-state index in [0.29, 0.717) is 0 Å². The Kier molecular flexibility index (Phi) is 5.24. The average molecular weight is 322 g/mol. The van der Waals surface area contributed by atoms with Crippen LogP contribution in [0.5, 0.6) is 0 Å². The highest BCUT2D eigenvalue weighted by Gasteiger charge is 2.10. The summed E-state index contributed by atoms with van der Waals surface area (Å²) in [5, 5.41) is 6.09. The maximum atomic E-state index is 13.0. The molecule has 0 fully saturated rings. The fourth-order valence-electron chi connectivity index (χ4n) is 3.07. The summed E-state index contributed by atoms with van der Waals surface area (Å²) >= 11 is 0. The van der Waals surface area contributed by atoms with Crippen LogP contribution in [0.2, 0.25) is 0 Å². The van der Waals surface area contributed by atoms with Gasteiger partial charge in [0.25, 0.3) is 0 Å². The van der Waals surface area contributed by atoms with E-state index in [1.807, 2.05) is 0 Å². The molecule has 0 aliphatic rings. The highest BCUT2D eigenvalue weighted by Crippen LogP contribution is 2.24. The summed E-state index contributed by atoms with van der Waals surface area (Å²) in [7, 11) is 0. The maximum absolute atomic E-state index is 13.0. The molecule has 0 aliphatic carbocycles. The SMILES string of the molecule is CC(NCCC(N)c1ccc(F)cc1)c1cccc2ccccc12. The van der Waals surface area contributed by atoms with Crippen LogP contribution in [0, 0.1) is 5.82 Å². The van der Waals surface area contributed by atoms with E-state index in [0.717, 1.165) is 18.5 Å². The molecule has 24 heavy (non-hydrogen) atoms. The molecule has 0 spiro atoms. The van der Waals surface area contributed by atoms with E-state index in [2.05, 4.69) is 54.7 Å². The molecule has 3 heteroatoms. The topological polar surface area (TPSA) is 38.0 Å². The minimum absolute atomic E-state index is 0.0854. The summed E-state index contributed by atoms with van der Waals surface area (Å²) in [6.45, 7) is 2.98. The fraction of sp³-hybridized carbons (Fsp3) is 0.238. The van der Waals surface area contributed by atoms with Gasteiger partial charge >= 0.3 is 0 Å². The second-order valence-corrected chi connectivity index (χ2v) is 6.19. The Labute approximate surface area is 142 Å². The van der Waals surface area contributed by atoms with Gasteiger partial charge in [-0.15, -0.1) is 0 Å². The molecule has 0 bridgehead atoms. The molecule has 2 unspecified atom stereocenters. The molecule has 0 saturated heterocycles. The number of hydrogen-bond donors (Lipinski definition) is 2. The second kappa shape index (κ2) is 7.56. The zero-order chi connectivity index (χ0) is 16.9. The lowest BCUT2D eigenvalue weighted by molar-refractivity contribution is 0.525. The van der Waals surface area contributed by atoms with Gasteiger partial charge in [0, 0.05) is 12.1 Å². The van der Waals surface area contributed by atoms with Crippen LogP contribution in [-0.2, 0) is 0 Å². The molecule has 0 radical (unpaired) electrons. The largest absolute Gasteiger partial charge is 0.324 e. The molecule has 3 aromatic carbocycles. The summed E-state index contributed by atoms with van der Waals surface area (Å²) in [5.41, 5.74) is 8.46. The van der Waals surface area contributed by atoms with Gasteiger partial charge in [-0.1, -0.05) is 54.6 Å². The fourth-order valence-corrected chi connectivity index (χ4v) is 3.07. The number of rotatable bonds is 6. The van der Waals surface area contributed by atoms with Gasteiger partial charge in [0.15, 0.2) is 0 Å². The number of nitrogens with one attached hydrogen (secondary N) is 1. The van der Waals surface area contributed by atoms with Crippen LogP contribution in [0.4, 0.5) is 4.39 Å².